The molecule has 0 saturated heterocycles. The van der Waals surface area contributed by atoms with Gasteiger partial charge >= 0.3 is 0 Å². The van der Waals surface area contributed by atoms with Gasteiger partial charge in [-0.2, -0.15) is 0 Å². The number of aromatic nitrogens is 1. The molecule has 0 saturated carbocycles. The number of aromatic amines is 1. The van der Waals surface area contributed by atoms with E-state index in [-0.39, 0.29) is 6.54 Å². The van der Waals surface area contributed by atoms with Gasteiger partial charge in [0.15, 0.2) is 0 Å². The number of ether oxygens (including phenoxy) is 1. The highest BCUT2D eigenvalue weighted by Crippen LogP contribution is 2.35. The third-order valence-electron chi connectivity index (χ3n) is 3.14. The fourth-order valence-electron chi connectivity index (χ4n) is 2.31. The van der Waals surface area contributed by atoms with Gasteiger partial charge in [-0.15, -0.1) is 0 Å². The topological polar surface area (TPSA) is 71.3 Å². The van der Waals surface area contributed by atoms with Crippen LogP contribution < -0.4 is 10.5 Å². The molecule has 92 valence electrons. The maximum absolute atomic E-state index is 10.00. The van der Waals surface area contributed by atoms with Crippen LogP contribution in [-0.4, -0.2) is 23.7 Å². The zero-order chi connectivity index (χ0) is 12.6. The van der Waals surface area contributed by atoms with Crippen molar-refractivity contribution in [3.63, 3.8) is 0 Å². The number of aryl methyl sites for hydroxylation is 2. The van der Waals surface area contributed by atoms with Gasteiger partial charge in [-0.3, -0.25) is 0 Å². The Kier molecular flexibility index (Phi) is 3.09. The summed E-state index contributed by atoms with van der Waals surface area (Å²) in [4.78, 5) is 3.26. The van der Waals surface area contributed by atoms with Crippen molar-refractivity contribution >= 4 is 10.9 Å². The van der Waals surface area contributed by atoms with Gasteiger partial charge in [0.1, 0.15) is 5.75 Å². The van der Waals surface area contributed by atoms with E-state index < -0.39 is 6.10 Å². The summed E-state index contributed by atoms with van der Waals surface area (Å²) in [7, 11) is 1.64. The second-order valence-corrected chi connectivity index (χ2v) is 4.25. The summed E-state index contributed by atoms with van der Waals surface area (Å²) in [5.41, 5.74) is 9.39. The minimum absolute atomic E-state index is 0.213. The summed E-state index contributed by atoms with van der Waals surface area (Å²) < 4.78 is 5.32. The molecule has 1 aromatic heterocycles. The first kappa shape index (κ1) is 12.0. The Balaban J connectivity index is 2.80. The van der Waals surface area contributed by atoms with Gasteiger partial charge in [-0.05, 0) is 25.5 Å². The highest BCUT2D eigenvalue weighted by molar-refractivity contribution is 5.92. The fourth-order valence-corrected chi connectivity index (χ4v) is 2.31. The quantitative estimate of drug-likeness (QED) is 0.758. The molecular weight excluding hydrogens is 216 g/mol. The molecule has 0 spiro atoms. The number of rotatable bonds is 3. The predicted octanol–water partition coefficient (Wildman–Crippen LogP) is 1.79. The minimum Gasteiger partial charge on any atom is -0.495 e. The van der Waals surface area contributed by atoms with Crippen LogP contribution in [0, 0.1) is 13.8 Å². The summed E-state index contributed by atoms with van der Waals surface area (Å²) in [5, 5.41) is 11.0. The number of fused-ring (bicyclic) bond motifs is 1. The van der Waals surface area contributed by atoms with Crippen LogP contribution in [0.15, 0.2) is 12.1 Å². The Hall–Kier alpha value is -1.52. The van der Waals surface area contributed by atoms with Crippen molar-refractivity contribution in [2.24, 2.45) is 5.73 Å². The van der Waals surface area contributed by atoms with Crippen molar-refractivity contribution in [3.05, 3.63) is 29.0 Å². The second kappa shape index (κ2) is 4.39. The average molecular weight is 234 g/mol. The van der Waals surface area contributed by atoms with Gasteiger partial charge in [0.2, 0.25) is 0 Å². The highest BCUT2D eigenvalue weighted by Gasteiger charge is 2.19. The first-order valence-electron chi connectivity index (χ1n) is 5.64. The molecule has 1 heterocycles. The van der Waals surface area contributed by atoms with Crippen molar-refractivity contribution in [2.75, 3.05) is 13.7 Å². The van der Waals surface area contributed by atoms with E-state index in [0.29, 0.717) is 0 Å². The first-order chi connectivity index (χ1) is 8.10. The molecule has 1 atom stereocenters. The number of H-pyrrole nitrogens is 1. The lowest BCUT2D eigenvalue weighted by atomic mass is 10.0. The number of hydrogen-bond acceptors (Lipinski definition) is 3. The third-order valence-corrected chi connectivity index (χ3v) is 3.14. The SMILES string of the molecule is COc1ccc(C)c2c(C(O)CN)c(C)[nH]c12. The zero-order valence-corrected chi connectivity index (χ0v) is 10.4. The van der Waals surface area contributed by atoms with Crippen molar-refractivity contribution in [1.82, 2.24) is 4.98 Å². The molecule has 1 unspecified atom stereocenters. The summed E-state index contributed by atoms with van der Waals surface area (Å²) >= 11 is 0. The molecule has 1 aromatic carbocycles. The fraction of sp³-hybridized carbons (Fsp3) is 0.385. The number of hydrogen-bond donors (Lipinski definition) is 3. The lowest BCUT2D eigenvalue weighted by molar-refractivity contribution is 0.187. The Morgan fingerprint density at radius 1 is 1.41 bits per heavy atom. The summed E-state index contributed by atoms with van der Waals surface area (Å²) in [6.45, 7) is 4.17. The van der Waals surface area contributed by atoms with Gasteiger partial charge in [-0.1, -0.05) is 6.07 Å². The normalized spacial score (nSPS) is 13.0. The molecule has 0 aliphatic heterocycles. The van der Waals surface area contributed by atoms with Gasteiger partial charge in [-0.25, -0.2) is 0 Å². The minimum atomic E-state index is -0.644. The van der Waals surface area contributed by atoms with Crippen LogP contribution in [0.2, 0.25) is 0 Å². The number of methoxy groups -OCH3 is 1. The maximum atomic E-state index is 10.00. The summed E-state index contributed by atoms with van der Waals surface area (Å²) in [5.74, 6) is 0.782. The Morgan fingerprint density at radius 3 is 2.71 bits per heavy atom. The molecular formula is C13H18N2O2. The number of nitrogens with two attached hydrogens (primary N) is 1. The largest absolute Gasteiger partial charge is 0.495 e. The molecule has 4 heteroatoms. The molecule has 4 N–H and O–H groups in total. The predicted molar refractivity (Wildman–Crippen MR) is 68.3 cm³/mol. The van der Waals surface area contributed by atoms with Crippen LogP contribution in [0.5, 0.6) is 5.75 Å². The van der Waals surface area contributed by atoms with E-state index in [1.807, 2.05) is 26.0 Å². The van der Waals surface area contributed by atoms with E-state index in [0.717, 1.165) is 33.5 Å². The van der Waals surface area contributed by atoms with Gasteiger partial charge in [0.25, 0.3) is 0 Å². The highest BCUT2D eigenvalue weighted by atomic mass is 16.5. The maximum Gasteiger partial charge on any atom is 0.142 e. The van der Waals surface area contributed by atoms with Crippen LogP contribution in [0.4, 0.5) is 0 Å². The molecule has 0 bridgehead atoms. The molecule has 4 nitrogen and oxygen atoms in total. The summed E-state index contributed by atoms with van der Waals surface area (Å²) in [6, 6.07) is 3.91. The second-order valence-electron chi connectivity index (χ2n) is 4.25. The molecule has 0 fully saturated rings. The zero-order valence-electron chi connectivity index (χ0n) is 10.4. The lowest BCUT2D eigenvalue weighted by Crippen LogP contribution is -2.12. The van der Waals surface area contributed by atoms with E-state index in [2.05, 4.69) is 4.98 Å². The van der Waals surface area contributed by atoms with Gasteiger partial charge < -0.3 is 20.6 Å². The molecule has 2 rings (SSSR count). The lowest BCUT2D eigenvalue weighted by Gasteiger charge is -2.10. The van der Waals surface area contributed by atoms with Crippen LogP contribution in [-0.2, 0) is 0 Å². The summed E-state index contributed by atoms with van der Waals surface area (Å²) in [6.07, 6.45) is -0.644. The third kappa shape index (κ3) is 1.79. The molecule has 0 radical (unpaired) electrons. The van der Waals surface area contributed by atoms with E-state index in [9.17, 15) is 5.11 Å². The van der Waals surface area contributed by atoms with E-state index in [1.54, 1.807) is 7.11 Å². The van der Waals surface area contributed by atoms with Crippen molar-refractivity contribution < 1.29 is 9.84 Å². The number of benzene rings is 1. The Morgan fingerprint density at radius 2 is 2.12 bits per heavy atom. The monoisotopic (exact) mass is 234 g/mol. The Labute approximate surface area is 100 Å². The van der Waals surface area contributed by atoms with Crippen LogP contribution in [0.25, 0.3) is 10.9 Å². The standard InChI is InChI=1S/C13H18N2O2/c1-7-4-5-10(17-3)13-11(7)12(8(2)15-13)9(16)6-14/h4-5,9,15-16H,6,14H2,1-3H3. The number of nitrogens with one attached hydrogen (secondary N) is 1. The van der Waals surface area contributed by atoms with Gasteiger partial charge in [0.05, 0.1) is 18.7 Å². The molecule has 2 aromatic rings. The first-order valence-corrected chi connectivity index (χ1v) is 5.64. The van der Waals surface area contributed by atoms with Crippen molar-refractivity contribution in [3.8, 4) is 5.75 Å². The average Bonchev–Trinajstić information content (AvgIpc) is 2.67. The van der Waals surface area contributed by atoms with Crippen molar-refractivity contribution in [2.45, 2.75) is 20.0 Å². The van der Waals surface area contributed by atoms with Crippen LogP contribution >= 0.6 is 0 Å². The van der Waals surface area contributed by atoms with E-state index in [4.69, 9.17) is 10.5 Å². The van der Waals surface area contributed by atoms with Gasteiger partial charge in [0, 0.05) is 23.2 Å². The smallest absolute Gasteiger partial charge is 0.142 e. The molecule has 17 heavy (non-hydrogen) atoms. The van der Waals surface area contributed by atoms with Crippen LogP contribution in [0.1, 0.15) is 22.9 Å². The molecule has 0 aliphatic rings. The Bertz CT molecular complexity index is 546. The van der Waals surface area contributed by atoms with E-state index >= 15 is 0 Å². The van der Waals surface area contributed by atoms with Crippen molar-refractivity contribution in [1.29, 1.82) is 0 Å². The molecule has 0 aliphatic carbocycles. The molecule has 0 amide bonds. The number of aliphatic hydroxyl groups excluding tert-OH is 1. The van der Waals surface area contributed by atoms with Crippen LogP contribution in [0.3, 0.4) is 0 Å². The number of aliphatic hydroxyl groups is 1. The van der Waals surface area contributed by atoms with E-state index in [1.165, 1.54) is 0 Å².